The van der Waals surface area contributed by atoms with Crippen molar-refractivity contribution in [3.63, 3.8) is 0 Å². The first-order valence-corrected chi connectivity index (χ1v) is 11.2. The molecule has 0 saturated carbocycles. The van der Waals surface area contributed by atoms with E-state index in [1.165, 1.54) is 24.3 Å². The van der Waals surface area contributed by atoms with Crippen LogP contribution in [0, 0.1) is 5.82 Å². The summed E-state index contributed by atoms with van der Waals surface area (Å²) in [5, 5.41) is 2.65. The summed E-state index contributed by atoms with van der Waals surface area (Å²) in [7, 11) is -1.44. The molecule has 1 aliphatic heterocycles. The van der Waals surface area contributed by atoms with Crippen LogP contribution in [0.1, 0.15) is 26.7 Å². The second-order valence-corrected chi connectivity index (χ2v) is 9.57. The first-order valence-electron chi connectivity index (χ1n) is 9.37. The number of sulfone groups is 1. The van der Waals surface area contributed by atoms with Gasteiger partial charge in [-0.05, 0) is 51.1 Å². The highest BCUT2D eigenvalue weighted by molar-refractivity contribution is 7.91. The molecule has 1 aliphatic rings. The van der Waals surface area contributed by atoms with E-state index in [-0.39, 0.29) is 54.3 Å². The Morgan fingerprint density at radius 2 is 1.89 bits per heavy atom. The largest absolute Gasteiger partial charge is 0.335 e. The van der Waals surface area contributed by atoms with Gasteiger partial charge in [-0.25, -0.2) is 12.8 Å². The molecule has 0 radical (unpaired) electrons. The summed E-state index contributed by atoms with van der Waals surface area (Å²) < 4.78 is 36.6. The van der Waals surface area contributed by atoms with Crippen LogP contribution in [0.25, 0.3) is 0 Å². The third kappa shape index (κ3) is 6.27. The number of nitrogens with zero attached hydrogens (tertiary/aromatic N) is 2. The Hall–Kier alpha value is -2.00. The summed E-state index contributed by atoms with van der Waals surface area (Å²) in [6.45, 7) is 3.86. The summed E-state index contributed by atoms with van der Waals surface area (Å²) in [6.07, 6.45) is 1.17. The highest BCUT2D eigenvalue weighted by Gasteiger charge is 2.36. The molecule has 2 rings (SSSR count). The molecule has 0 spiro atoms. The van der Waals surface area contributed by atoms with Gasteiger partial charge in [0.25, 0.3) is 0 Å². The zero-order valence-corrected chi connectivity index (χ0v) is 17.3. The zero-order valence-electron chi connectivity index (χ0n) is 16.5. The molecule has 1 heterocycles. The molecular weight excluding hydrogens is 385 g/mol. The number of hydrogen-bond donors (Lipinski definition) is 1. The van der Waals surface area contributed by atoms with Crippen LogP contribution in [0.3, 0.4) is 0 Å². The molecule has 9 heteroatoms. The van der Waals surface area contributed by atoms with E-state index in [2.05, 4.69) is 5.32 Å². The number of nitrogens with one attached hydrogen (secondary N) is 1. The topological polar surface area (TPSA) is 86.8 Å². The molecule has 2 amide bonds. The van der Waals surface area contributed by atoms with Gasteiger partial charge in [-0.15, -0.1) is 0 Å². The van der Waals surface area contributed by atoms with Crippen molar-refractivity contribution in [2.75, 3.05) is 37.0 Å². The Morgan fingerprint density at radius 1 is 1.25 bits per heavy atom. The molecule has 2 atom stereocenters. The summed E-state index contributed by atoms with van der Waals surface area (Å²) in [6, 6.07) is 5.04. The van der Waals surface area contributed by atoms with Gasteiger partial charge >= 0.3 is 0 Å². The van der Waals surface area contributed by atoms with Crippen LogP contribution >= 0.6 is 0 Å². The third-order valence-corrected chi connectivity index (χ3v) is 6.65. The van der Waals surface area contributed by atoms with Crippen LogP contribution in [-0.4, -0.2) is 73.8 Å². The standard InChI is InChI=1S/C19H28FN3O4S/c1-4-14(2)23(17-9-10-28(26,27)13-17)19(25)12-22(3)11-18(24)21-16-7-5-15(20)6-8-16/h5-8,14,17H,4,9-13H2,1-3H3,(H,21,24)/t14-,17-/m1/s1. The molecule has 156 valence electrons. The summed E-state index contributed by atoms with van der Waals surface area (Å²) in [4.78, 5) is 28.2. The van der Waals surface area contributed by atoms with Crippen molar-refractivity contribution < 1.29 is 22.4 Å². The summed E-state index contributed by atoms with van der Waals surface area (Å²) in [5.74, 6) is -0.792. The Kier molecular flexibility index (Phi) is 7.54. The molecular formula is C19H28FN3O4S. The Bertz CT molecular complexity index is 798. The van der Waals surface area contributed by atoms with E-state index >= 15 is 0 Å². The Balaban J connectivity index is 1.94. The van der Waals surface area contributed by atoms with Crippen LogP contribution in [-0.2, 0) is 19.4 Å². The monoisotopic (exact) mass is 413 g/mol. The minimum Gasteiger partial charge on any atom is -0.335 e. The number of carbonyl (C=O) groups excluding carboxylic acids is 2. The lowest BCUT2D eigenvalue weighted by Crippen LogP contribution is -2.50. The number of halogens is 1. The fourth-order valence-corrected chi connectivity index (χ4v) is 5.06. The molecule has 1 fully saturated rings. The minimum atomic E-state index is -3.10. The zero-order chi connectivity index (χ0) is 20.9. The van der Waals surface area contributed by atoms with E-state index in [1.807, 2.05) is 13.8 Å². The highest BCUT2D eigenvalue weighted by atomic mass is 32.2. The number of amides is 2. The average Bonchev–Trinajstić information content (AvgIpc) is 2.96. The van der Waals surface area contributed by atoms with E-state index in [0.717, 1.165) is 6.42 Å². The van der Waals surface area contributed by atoms with Crippen molar-refractivity contribution in [2.45, 2.75) is 38.8 Å². The molecule has 0 bridgehead atoms. The van der Waals surface area contributed by atoms with Gasteiger partial charge in [-0.1, -0.05) is 6.92 Å². The number of carbonyl (C=O) groups is 2. The molecule has 1 N–H and O–H groups in total. The maximum absolute atomic E-state index is 12.9. The fraction of sp³-hybridized carbons (Fsp3) is 0.579. The van der Waals surface area contributed by atoms with Gasteiger partial charge in [0.1, 0.15) is 5.82 Å². The average molecular weight is 414 g/mol. The molecule has 28 heavy (non-hydrogen) atoms. The molecule has 0 aliphatic carbocycles. The second kappa shape index (κ2) is 9.47. The lowest BCUT2D eigenvalue weighted by atomic mass is 10.1. The van der Waals surface area contributed by atoms with Gasteiger partial charge in [0.2, 0.25) is 11.8 Å². The van der Waals surface area contributed by atoms with Gasteiger partial charge in [0.15, 0.2) is 9.84 Å². The van der Waals surface area contributed by atoms with Crippen molar-refractivity contribution >= 4 is 27.3 Å². The van der Waals surface area contributed by atoms with E-state index in [9.17, 15) is 22.4 Å². The van der Waals surface area contributed by atoms with Crippen LogP contribution in [0.2, 0.25) is 0 Å². The maximum atomic E-state index is 12.9. The number of likely N-dealkylation sites (N-methyl/N-ethyl adjacent to an activating group) is 1. The number of rotatable bonds is 8. The summed E-state index contributed by atoms with van der Waals surface area (Å²) >= 11 is 0. The van der Waals surface area contributed by atoms with E-state index in [4.69, 9.17) is 0 Å². The van der Waals surface area contributed by atoms with E-state index in [1.54, 1.807) is 16.8 Å². The third-order valence-electron chi connectivity index (χ3n) is 4.90. The predicted molar refractivity (Wildman–Crippen MR) is 106 cm³/mol. The van der Waals surface area contributed by atoms with Crippen LogP contribution in [0.4, 0.5) is 10.1 Å². The molecule has 1 saturated heterocycles. The van der Waals surface area contributed by atoms with Crippen LogP contribution in [0.5, 0.6) is 0 Å². The van der Waals surface area contributed by atoms with E-state index < -0.39 is 9.84 Å². The highest BCUT2D eigenvalue weighted by Crippen LogP contribution is 2.21. The smallest absolute Gasteiger partial charge is 0.238 e. The van der Waals surface area contributed by atoms with Gasteiger partial charge in [0.05, 0.1) is 24.6 Å². The Labute approximate surface area is 165 Å². The lowest BCUT2D eigenvalue weighted by Gasteiger charge is -2.34. The SMILES string of the molecule is CC[C@@H](C)N(C(=O)CN(C)CC(=O)Nc1ccc(F)cc1)[C@@H]1CCS(=O)(=O)C1. The van der Waals surface area contributed by atoms with Crippen molar-refractivity contribution in [1.29, 1.82) is 0 Å². The molecule has 0 aromatic heterocycles. The van der Waals surface area contributed by atoms with Crippen molar-refractivity contribution in [2.24, 2.45) is 0 Å². The van der Waals surface area contributed by atoms with Gasteiger partial charge in [0, 0.05) is 17.8 Å². The molecule has 1 aromatic carbocycles. The van der Waals surface area contributed by atoms with Gasteiger partial charge in [-0.3, -0.25) is 14.5 Å². The van der Waals surface area contributed by atoms with Crippen molar-refractivity contribution in [3.8, 4) is 0 Å². The van der Waals surface area contributed by atoms with Crippen LogP contribution < -0.4 is 5.32 Å². The number of benzene rings is 1. The van der Waals surface area contributed by atoms with Crippen molar-refractivity contribution in [3.05, 3.63) is 30.1 Å². The van der Waals surface area contributed by atoms with E-state index in [0.29, 0.717) is 12.1 Å². The molecule has 7 nitrogen and oxygen atoms in total. The maximum Gasteiger partial charge on any atom is 0.238 e. The lowest BCUT2D eigenvalue weighted by molar-refractivity contribution is -0.136. The summed E-state index contributed by atoms with van der Waals surface area (Å²) in [5.41, 5.74) is 0.475. The first kappa shape index (κ1) is 22.3. The first-order chi connectivity index (χ1) is 13.1. The number of hydrogen-bond acceptors (Lipinski definition) is 5. The van der Waals surface area contributed by atoms with Crippen LogP contribution in [0.15, 0.2) is 24.3 Å². The predicted octanol–water partition coefficient (Wildman–Crippen LogP) is 1.51. The molecule has 0 unspecified atom stereocenters. The Morgan fingerprint density at radius 3 is 2.43 bits per heavy atom. The molecule has 1 aromatic rings. The van der Waals surface area contributed by atoms with Gasteiger partial charge < -0.3 is 10.2 Å². The number of anilines is 1. The quantitative estimate of drug-likeness (QED) is 0.698. The minimum absolute atomic E-state index is 0.00214. The fourth-order valence-electron chi connectivity index (χ4n) is 3.35. The van der Waals surface area contributed by atoms with Crippen molar-refractivity contribution in [1.82, 2.24) is 9.80 Å². The normalized spacial score (nSPS) is 19.4. The van der Waals surface area contributed by atoms with Gasteiger partial charge in [-0.2, -0.15) is 0 Å². The second-order valence-electron chi connectivity index (χ2n) is 7.34.